The number of nitrogen functional groups attached to an aromatic ring is 1. The van der Waals surface area contributed by atoms with Crippen LogP contribution >= 0.6 is 8.30 Å². The number of nitrogens with two attached hydrogens (primary N) is 1. The minimum Gasteiger partial charge on any atom is -0.490 e. The number of fused-ring (bicyclic) bond motifs is 1. The lowest BCUT2D eigenvalue weighted by molar-refractivity contribution is 0.138. The highest BCUT2D eigenvalue weighted by Crippen LogP contribution is 2.47. The van der Waals surface area contributed by atoms with Gasteiger partial charge in [0.05, 0.1) is 12.6 Å². The molecule has 0 saturated heterocycles. The van der Waals surface area contributed by atoms with E-state index in [1.807, 2.05) is 28.8 Å². The van der Waals surface area contributed by atoms with Gasteiger partial charge in [0.1, 0.15) is 11.8 Å². The number of hydrogen-bond donors (Lipinski definition) is 2. The molecule has 3 aromatic rings. The zero-order valence-electron chi connectivity index (χ0n) is 19.3. The lowest BCUT2D eigenvalue weighted by Crippen LogP contribution is -2.24. The molecule has 0 radical (unpaired) electrons. The molecule has 0 bridgehead atoms. The predicted molar refractivity (Wildman–Crippen MR) is 133 cm³/mol. The molecular formula is C25H32N5O2P. The smallest absolute Gasteiger partial charge is 0.171 e. The first-order valence-electron chi connectivity index (χ1n) is 11.8. The molecule has 1 aromatic carbocycles. The molecule has 174 valence electrons. The summed E-state index contributed by atoms with van der Waals surface area (Å²) in [7, 11) is -0.725. The number of benzene rings is 1. The molecule has 1 fully saturated rings. The van der Waals surface area contributed by atoms with Gasteiger partial charge in [0.2, 0.25) is 0 Å². The van der Waals surface area contributed by atoms with E-state index in [1.54, 1.807) is 6.33 Å². The van der Waals surface area contributed by atoms with Gasteiger partial charge < -0.3 is 15.0 Å². The largest absolute Gasteiger partial charge is 0.490 e. The standard InChI is InChI=1S/C25H32N5O2P/c1-17(2)31-23-15-29-33(32-24(23)19-6-4-3-5-7-19)13-12-18-8-9-20(14-18)21-10-11-22-25(26)27-16-28-30(21)22/h3-7,10-11,16-18,20,29H,8-9,12-15H2,1-2H3,(H2,26,27,28). The van der Waals surface area contributed by atoms with Crippen molar-refractivity contribution in [3.63, 3.8) is 0 Å². The average Bonchev–Trinajstić information content (AvgIpc) is 3.46. The molecule has 2 aromatic heterocycles. The third-order valence-corrected chi connectivity index (χ3v) is 8.07. The molecule has 7 nitrogen and oxygen atoms in total. The first-order chi connectivity index (χ1) is 16.1. The van der Waals surface area contributed by atoms with Crippen LogP contribution in [0.4, 0.5) is 5.82 Å². The summed E-state index contributed by atoms with van der Waals surface area (Å²) < 4.78 is 14.5. The van der Waals surface area contributed by atoms with Crippen LogP contribution in [0.3, 0.4) is 0 Å². The highest BCUT2D eigenvalue weighted by molar-refractivity contribution is 7.50. The predicted octanol–water partition coefficient (Wildman–Crippen LogP) is 5.31. The molecular weight excluding hydrogens is 433 g/mol. The summed E-state index contributed by atoms with van der Waals surface area (Å²) in [4.78, 5) is 4.11. The van der Waals surface area contributed by atoms with Crippen molar-refractivity contribution in [2.24, 2.45) is 5.92 Å². The molecule has 2 aliphatic rings. The number of ether oxygens (including phenoxy) is 1. The summed E-state index contributed by atoms with van der Waals surface area (Å²) in [5.74, 6) is 3.56. The highest BCUT2D eigenvalue weighted by Gasteiger charge is 2.31. The normalized spacial score (nSPS) is 23.3. The Bertz CT molecular complexity index is 1130. The van der Waals surface area contributed by atoms with E-state index < -0.39 is 8.30 Å². The summed E-state index contributed by atoms with van der Waals surface area (Å²) in [5, 5.41) is 8.03. The fourth-order valence-electron chi connectivity index (χ4n) is 4.93. The Morgan fingerprint density at radius 1 is 1.21 bits per heavy atom. The van der Waals surface area contributed by atoms with Crippen molar-refractivity contribution in [2.75, 3.05) is 18.4 Å². The minimum atomic E-state index is -0.725. The minimum absolute atomic E-state index is 0.120. The van der Waals surface area contributed by atoms with Crippen molar-refractivity contribution in [3.8, 4) is 0 Å². The first kappa shape index (κ1) is 22.2. The second-order valence-corrected chi connectivity index (χ2v) is 10.9. The van der Waals surface area contributed by atoms with Gasteiger partial charge in [0.15, 0.2) is 25.6 Å². The van der Waals surface area contributed by atoms with E-state index in [0.29, 0.717) is 17.7 Å². The lowest BCUT2D eigenvalue weighted by atomic mass is 10.0. The van der Waals surface area contributed by atoms with Crippen molar-refractivity contribution in [2.45, 2.75) is 51.6 Å². The summed E-state index contributed by atoms with van der Waals surface area (Å²) in [5.41, 5.74) is 9.26. The molecule has 3 N–H and O–H groups in total. The average molecular weight is 466 g/mol. The van der Waals surface area contributed by atoms with Crippen LogP contribution in [-0.4, -0.2) is 33.4 Å². The van der Waals surface area contributed by atoms with Crippen molar-refractivity contribution >= 4 is 25.4 Å². The summed E-state index contributed by atoms with van der Waals surface area (Å²) in [6.07, 6.45) is 7.48. The Morgan fingerprint density at radius 2 is 2.06 bits per heavy atom. The number of nitrogens with one attached hydrogen (secondary N) is 1. The Hall–Kier alpha value is -2.63. The van der Waals surface area contributed by atoms with E-state index in [4.69, 9.17) is 15.0 Å². The molecule has 3 atom stereocenters. The Labute approximate surface area is 196 Å². The quantitative estimate of drug-likeness (QED) is 0.460. The molecule has 0 spiro atoms. The van der Waals surface area contributed by atoms with Crippen LogP contribution in [-0.2, 0) is 9.26 Å². The van der Waals surface area contributed by atoms with Gasteiger partial charge in [-0.1, -0.05) is 30.3 Å². The van der Waals surface area contributed by atoms with E-state index in [2.05, 4.69) is 47.2 Å². The maximum atomic E-state index is 6.49. The van der Waals surface area contributed by atoms with E-state index in [0.717, 1.165) is 41.7 Å². The van der Waals surface area contributed by atoms with E-state index in [-0.39, 0.29) is 6.10 Å². The van der Waals surface area contributed by atoms with Gasteiger partial charge in [-0.3, -0.25) is 5.09 Å². The van der Waals surface area contributed by atoms with Gasteiger partial charge in [-0.05, 0) is 57.6 Å². The molecule has 0 amide bonds. The van der Waals surface area contributed by atoms with Gasteiger partial charge >= 0.3 is 0 Å². The first-order valence-corrected chi connectivity index (χ1v) is 13.3. The lowest BCUT2D eigenvalue weighted by Gasteiger charge is -2.30. The van der Waals surface area contributed by atoms with Crippen LogP contribution in [0.1, 0.15) is 56.7 Å². The second-order valence-electron chi connectivity index (χ2n) is 9.18. The van der Waals surface area contributed by atoms with E-state index in [1.165, 1.54) is 25.0 Å². The fraction of sp³-hybridized carbons (Fsp3) is 0.440. The SMILES string of the molecule is CC(C)OC1=C(c2ccccc2)OP(CCC2CCC(c3ccc4c(N)ncnn34)C2)NC1. The zero-order chi connectivity index (χ0) is 22.8. The summed E-state index contributed by atoms with van der Waals surface area (Å²) in [6, 6.07) is 14.5. The Morgan fingerprint density at radius 3 is 2.88 bits per heavy atom. The van der Waals surface area contributed by atoms with Crippen LogP contribution in [0.5, 0.6) is 0 Å². The van der Waals surface area contributed by atoms with Gasteiger partial charge in [0.25, 0.3) is 0 Å². The van der Waals surface area contributed by atoms with Gasteiger partial charge in [0, 0.05) is 23.3 Å². The van der Waals surface area contributed by atoms with Gasteiger partial charge in [-0.25, -0.2) is 9.50 Å². The van der Waals surface area contributed by atoms with Gasteiger partial charge in [-0.2, -0.15) is 5.10 Å². The third kappa shape index (κ3) is 4.85. The van der Waals surface area contributed by atoms with E-state index in [9.17, 15) is 0 Å². The zero-order valence-corrected chi connectivity index (χ0v) is 20.2. The monoisotopic (exact) mass is 465 g/mol. The molecule has 1 saturated carbocycles. The maximum Gasteiger partial charge on any atom is 0.171 e. The number of aromatic nitrogens is 3. The summed E-state index contributed by atoms with van der Waals surface area (Å²) in [6.45, 7) is 4.83. The number of nitrogens with zero attached hydrogens (tertiary/aromatic N) is 3. The molecule has 1 aliphatic heterocycles. The van der Waals surface area contributed by atoms with Gasteiger partial charge in [-0.15, -0.1) is 0 Å². The van der Waals surface area contributed by atoms with Crippen molar-refractivity contribution in [3.05, 3.63) is 65.8 Å². The Balaban J connectivity index is 1.21. The highest BCUT2D eigenvalue weighted by atomic mass is 31.2. The molecule has 3 unspecified atom stereocenters. The van der Waals surface area contributed by atoms with Crippen molar-refractivity contribution < 1.29 is 9.26 Å². The molecule has 3 heterocycles. The second kappa shape index (κ2) is 9.70. The molecule has 1 aliphatic carbocycles. The molecule has 33 heavy (non-hydrogen) atoms. The van der Waals surface area contributed by atoms with Crippen LogP contribution in [0, 0.1) is 5.92 Å². The topological polar surface area (TPSA) is 86.7 Å². The van der Waals surface area contributed by atoms with Crippen molar-refractivity contribution in [1.82, 2.24) is 19.7 Å². The molecule has 8 heteroatoms. The van der Waals surface area contributed by atoms with Crippen LogP contribution in [0.15, 0.2) is 54.6 Å². The number of anilines is 1. The van der Waals surface area contributed by atoms with E-state index >= 15 is 0 Å². The van der Waals surface area contributed by atoms with Crippen molar-refractivity contribution in [1.29, 1.82) is 0 Å². The van der Waals surface area contributed by atoms with Crippen LogP contribution in [0.25, 0.3) is 11.3 Å². The summed E-state index contributed by atoms with van der Waals surface area (Å²) >= 11 is 0. The Kier molecular flexibility index (Phi) is 6.52. The fourth-order valence-corrected chi connectivity index (χ4v) is 6.59. The van der Waals surface area contributed by atoms with Crippen LogP contribution in [0.2, 0.25) is 0 Å². The third-order valence-electron chi connectivity index (χ3n) is 6.50. The number of rotatable bonds is 7. The molecule has 5 rings (SSSR count). The van der Waals surface area contributed by atoms with Crippen LogP contribution < -0.4 is 10.8 Å². The maximum absolute atomic E-state index is 6.49. The number of hydrogen-bond acceptors (Lipinski definition) is 6.